The fourth-order valence-electron chi connectivity index (χ4n) is 1.42. The molecular formula is C11H24N2O3. The van der Waals surface area contributed by atoms with Crippen LogP contribution in [0.5, 0.6) is 0 Å². The van der Waals surface area contributed by atoms with Crippen LogP contribution in [0.3, 0.4) is 0 Å². The first-order chi connectivity index (χ1) is 7.65. The molecule has 16 heavy (non-hydrogen) atoms. The number of carbonyl (C=O) groups excluding carboxylic acids is 1. The van der Waals surface area contributed by atoms with Gasteiger partial charge in [0, 0.05) is 26.4 Å². The molecule has 2 unspecified atom stereocenters. The lowest BCUT2D eigenvalue weighted by molar-refractivity contribution is -0.123. The first-order valence-electron chi connectivity index (χ1n) is 5.81. The van der Waals surface area contributed by atoms with Crippen molar-refractivity contribution in [3.05, 3.63) is 0 Å². The second kappa shape index (κ2) is 9.57. The number of nitrogens with one attached hydrogen (secondary N) is 1. The molecule has 5 heteroatoms. The average molecular weight is 232 g/mol. The van der Waals surface area contributed by atoms with E-state index in [4.69, 9.17) is 15.6 Å². The van der Waals surface area contributed by atoms with Gasteiger partial charge in [0.1, 0.15) is 0 Å². The minimum absolute atomic E-state index is 0.0194. The number of hydrogen-bond donors (Lipinski definition) is 3. The zero-order chi connectivity index (χ0) is 12.4. The van der Waals surface area contributed by atoms with Gasteiger partial charge in [-0.2, -0.15) is 0 Å². The molecule has 0 heterocycles. The van der Waals surface area contributed by atoms with Gasteiger partial charge in [-0.25, -0.2) is 0 Å². The molecule has 0 spiro atoms. The van der Waals surface area contributed by atoms with Crippen LogP contribution in [-0.4, -0.2) is 43.4 Å². The van der Waals surface area contributed by atoms with Crippen LogP contribution in [0.2, 0.25) is 0 Å². The van der Waals surface area contributed by atoms with E-state index >= 15 is 0 Å². The third-order valence-corrected chi connectivity index (χ3v) is 2.52. The Morgan fingerprint density at radius 2 is 2.19 bits per heavy atom. The highest BCUT2D eigenvalue weighted by atomic mass is 16.5. The normalized spacial score (nSPS) is 14.5. The first kappa shape index (κ1) is 15.3. The van der Waals surface area contributed by atoms with Crippen LogP contribution in [0.25, 0.3) is 0 Å². The zero-order valence-electron chi connectivity index (χ0n) is 10.2. The summed E-state index contributed by atoms with van der Waals surface area (Å²) < 4.78 is 4.89. The topological polar surface area (TPSA) is 84.6 Å². The van der Waals surface area contributed by atoms with Crippen LogP contribution in [0.1, 0.15) is 32.6 Å². The predicted octanol–water partition coefficient (Wildman–Crippen LogP) is 0.0175. The van der Waals surface area contributed by atoms with E-state index in [-0.39, 0.29) is 18.6 Å². The summed E-state index contributed by atoms with van der Waals surface area (Å²) in [5.41, 5.74) is 5.73. The Morgan fingerprint density at radius 3 is 2.69 bits per heavy atom. The number of carbonyl (C=O) groups is 1. The molecule has 2 atom stereocenters. The van der Waals surface area contributed by atoms with E-state index in [1.807, 2.05) is 6.92 Å². The lowest BCUT2D eigenvalue weighted by Crippen LogP contribution is -2.45. The summed E-state index contributed by atoms with van der Waals surface area (Å²) in [6.45, 7) is 2.67. The van der Waals surface area contributed by atoms with Gasteiger partial charge in [-0.15, -0.1) is 0 Å². The third kappa shape index (κ3) is 6.76. The molecule has 0 radical (unpaired) electrons. The molecule has 4 N–H and O–H groups in total. The number of aliphatic hydroxyl groups is 1. The summed E-state index contributed by atoms with van der Waals surface area (Å²) in [4.78, 5) is 11.6. The van der Waals surface area contributed by atoms with E-state index < -0.39 is 6.04 Å². The van der Waals surface area contributed by atoms with E-state index in [1.165, 1.54) is 0 Å². The van der Waals surface area contributed by atoms with E-state index in [2.05, 4.69) is 5.32 Å². The molecule has 0 aliphatic heterocycles. The van der Waals surface area contributed by atoms with Gasteiger partial charge in [0.2, 0.25) is 5.91 Å². The second-order valence-corrected chi connectivity index (χ2v) is 3.87. The number of hydrogen-bond acceptors (Lipinski definition) is 4. The Bertz CT molecular complexity index is 188. The molecule has 0 aromatic rings. The van der Waals surface area contributed by atoms with Gasteiger partial charge in [0.25, 0.3) is 0 Å². The summed E-state index contributed by atoms with van der Waals surface area (Å²) in [6.07, 6.45) is 2.78. The van der Waals surface area contributed by atoms with Gasteiger partial charge < -0.3 is 20.9 Å². The predicted molar refractivity (Wildman–Crippen MR) is 63.0 cm³/mol. The molecule has 5 nitrogen and oxygen atoms in total. The number of rotatable bonds is 9. The van der Waals surface area contributed by atoms with Crippen molar-refractivity contribution in [2.24, 2.45) is 5.73 Å². The van der Waals surface area contributed by atoms with E-state index in [1.54, 1.807) is 7.11 Å². The van der Waals surface area contributed by atoms with Crippen molar-refractivity contribution in [1.82, 2.24) is 5.32 Å². The average Bonchev–Trinajstić information content (AvgIpc) is 2.28. The van der Waals surface area contributed by atoms with Gasteiger partial charge in [-0.3, -0.25) is 4.79 Å². The molecule has 0 aliphatic carbocycles. The van der Waals surface area contributed by atoms with Gasteiger partial charge in [-0.1, -0.05) is 6.92 Å². The van der Waals surface area contributed by atoms with Crippen molar-refractivity contribution in [3.63, 3.8) is 0 Å². The quantitative estimate of drug-likeness (QED) is 0.489. The van der Waals surface area contributed by atoms with Crippen LogP contribution in [0.4, 0.5) is 0 Å². The van der Waals surface area contributed by atoms with Crippen LogP contribution >= 0.6 is 0 Å². The number of nitrogens with two attached hydrogens (primary N) is 1. The van der Waals surface area contributed by atoms with Crippen LogP contribution in [0, 0.1) is 0 Å². The maximum absolute atomic E-state index is 11.6. The smallest absolute Gasteiger partial charge is 0.237 e. The highest BCUT2D eigenvalue weighted by Crippen LogP contribution is 2.00. The highest BCUT2D eigenvalue weighted by molar-refractivity contribution is 5.81. The maximum atomic E-state index is 11.6. The third-order valence-electron chi connectivity index (χ3n) is 2.52. The van der Waals surface area contributed by atoms with E-state index in [9.17, 15) is 4.79 Å². The van der Waals surface area contributed by atoms with E-state index in [0.717, 1.165) is 12.8 Å². The van der Waals surface area contributed by atoms with Crippen molar-refractivity contribution in [3.8, 4) is 0 Å². The van der Waals surface area contributed by atoms with Crippen molar-refractivity contribution in [2.45, 2.75) is 44.7 Å². The Balaban J connectivity index is 3.83. The molecular weight excluding hydrogens is 208 g/mol. The summed E-state index contributed by atoms with van der Waals surface area (Å²) in [6, 6.07) is -0.464. The Labute approximate surface area is 97.3 Å². The molecule has 0 aromatic heterocycles. The Morgan fingerprint density at radius 1 is 1.50 bits per heavy atom. The maximum Gasteiger partial charge on any atom is 0.237 e. The fourth-order valence-corrected chi connectivity index (χ4v) is 1.42. The van der Waals surface area contributed by atoms with E-state index in [0.29, 0.717) is 19.4 Å². The molecule has 0 bridgehead atoms. The molecule has 96 valence electrons. The summed E-state index contributed by atoms with van der Waals surface area (Å²) >= 11 is 0. The number of methoxy groups -OCH3 is 1. The monoisotopic (exact) mass is 232 g/mol. The van der Waals surface area contributed by atoms with Crippen molar-refractivity contribution >= 4 is 5.91 Å². The molecule has 1 amide bonds. The largest absolute Gasteiger partial charge is 0.396 e. The fraction of sp³-hybridized carbons (Fsp3) is 0.909. The molecule has 0 saturated heterocycles. The molecule has 0 aliphatic rings. The van der Waals surface area contributed by atoms with Crippen LogP contribution in [0.15, 0.2) is 0 Å². The second-order valence-electron chi connectivity index (χ2n) is 3.87. The minimum atomic E-state index is -0.483. The standard InChI is InChI=1S/C11H24N2O3/c1-3-9(6-7-14)13-11(15)10(12)5-4-8-16-2/h9-10,14H,3-8,12H2,1-2H3,(H,13,15). The molecule has 0 saturated carbocycles. The SMILES string of the molecule is CCC(CCO)NC(=O)C(N)CCCOC. The van der Waals surface area contributed by atoms with Crippen molar-refractivity contribution in [2.75, 3.05) is 20.3 Å². The van der Waals surface area contributed by atoms with Crippen molar-refractivity contribution in [1.29, 1.82) is 0 Å². The minimum Gasteiger partial charge on any atom is -0.396 e. The first-order valence-corrected chi connectivity index (χ1v) is 5.81. The molecule has 0 aromatic carbocycles. The van der Waals surface area contributed by atoms with Gasteiger partial charge in [-0.05, 0) is 25.7 Å². The van der Waals surface area contributed by atoms with Gasteiger partial charge in [0.15, 0.2) is 0 Å². The zero-order valence-corrected chi connectivity index (χ0v) is 10.2. The highest BCUT2D eigenvalue weighted by Gasteiger charge is 2.16. The van der Waals surface area contributed by atoms with Gasteiger partial charge in [0.05, 0.1) is 6.04 Å². The van der Waals surface area contributed by atoms with Crippen LogP contribution < -0.4 is 11.1 Å². The van der Waals surface area contributed by atoms with Crippen molar-refractivity contribution < 1.29 is 14.6 Å². The number of aliphatic hydroxyl groups excluding tert-OH is 1. The lowest BCUT2D eigenvalue weighted by Gasteiger charge is -2.18. The lowest BCUT2D eigenvalue weighted by atomic mass is 10.1. The number of amides is 1. The number of ether oxygens (including phenoxy) is 1. The summed E-state index contributed by atoms with van der Waals surface area (Å²) in [5.74, 6) is -0.142. The van der Waals surface area contributed by atoms with Gasteiger partial charge >= 0.3 is 0 Å². The molecule has 0 fully saturated rings. The summed E-state index contributed by atoms with van der Waals surface area (Å²) in [5, 5.41) is 11.6. The summed E-state index contributed by atoms with van der Waals surface area (Å²) in [7, 11) is 1.62. The molecule has 0 rings (SSSR count). The Kier molecular flexibility index (Phi) is 9.18. The Hall–Kier alpha value is -0.650. The van der Waals surface area contributed by atoms with Crippen LogP contribution in [-0.2, 0) is 9.53 Å².